The first-order chi connectivity index (χ1) is 4.93. The van der Waals surface area contributed by atoms with Crippen LogP contribution in [0.5, 0.6) is 0 Å². The highest BCUT2D eigenvalue weighted by Crippen LogP contribution is 2.30. The van der Waals surface area contributed by atoms with E-state index in [-0.39, 0.29) is 0 Å². The molecule has 0 aliphatic heterocycles. The summed E-state index contributed by atoms with van der Waals surface area (Å²) in [6, 6.07) is 1.000. The van der Waals surface area contributed by atoms with Gasteiger partial charge in [-0.25, -0.2) is 0 Å². The van der Waals surface area contributed by atoms with Gasteiger partial charge in [0.1, 0.15) is 6.03 Å². The predicted molar refractivity (Wildman–Crippen MR) is 49.5 cm³/mol. The van der Waals surface area contributed by atoms with Crippen LogP contribution in [-0.2, 0) is 4.79 Å². The lowest BCUT2D eigenvalue weighted by atomic mass is 9.97. The molecule has 3 heteroatoms. The van der Waals surface area contributed by atoms with E-state index in [1.807, 2.05) is 0 Å². The molecule has 0 bridgehead atoms. The number of allylic oxidation sites excluding steroid dienone is 2. The number of rotatable bonds is 5. The van der Waals surface area contributed by atoms with Crippen molar-refractivity contribution in [2.24, 2.45) is 0 Å². The molecule has 1 rings (SSSR count). The van der Waals surface area contributed by atoms with Crippen LogP contribution in [0.3, 0.4) is 0 Å². The molecule has 0 N–H and O–H groups in total. The fraction of sp³-hybridized carbons (Fsp3) is 0.571. The molecule has 0 heterocycles. The lowest BCUT2D eigenvalue weighted by Crippen LogP contribution is -1.94. The van der Waals surface area contributed by atoms with E-state index in [1.54, 1.807) is 17.0 Å². The Bertz CT molecular complexity index is 145. The molecule has 0 amide bonds. The molecular weight excluding hydrogens is 163 g/mol. The average Bonchev–Trinajstić information content (AvgIpc) is 1.84. The Kier molecular flexibility index (Phi) is 4.08. The van der Waals surface area contributed by atoms with E-state index in [1.165, 1.54) is 19.3 Å². The maximum atomic E-state index is 9.91. The maximum absolute atomic E-state index is 9.91. The van der Waals surface area contributed by atoms with Crippen LogP contribution < -0.4 is 0 Å². The lowest BCUT2D eigenvalue weighted by molar-refractivity contribution is 0.570. The van der Waals surface area contributed by atoms with Gasteiger partial charge in [-0.3, -0.25) is 4.79 Å². The standard InChI is InChI=1S/C7H11OPS/c8-6-9-10-5-4-7-2-1-3-7/h2,6,9H,1,3-5H2. The minimum absolute atomic E-state index is 0.449. The highest BCUT2D eigenvalue weighted by Gasteiger charge is 2.03. The largest absolute Gasteiger partial charge is 0.298 e. The summed E-state index contributed by atoms with van der Waals surface area (Å²) in [6.45, 7) is 0. The van der Waals surface area contributed by atoms with Gasteiger partial charge < -0.3 is 0 Å². The molecule has 0 spiro atoms. The van der Waals surface area contributed by atoms with Gasteiger partial charge in [0.25, 0.3) is 0 Å². The third-order valence-electron chi connectivity index (χ3n) is 1.56. The van der Waals surface area contributed by atoms with E-state index in [4.69, 9.17) is 0 Å². The highest BCUT2D eigenvalue weighted by molar-refractivity contribution is 8.53. The number of hydrogen-bond acceptors (Lipinski definition) is 2. The predicted octanol–water partition coefficient (Wildman–Crippen LogP) is 2.61. The molecular formula is C7H11OPS. The van der Waals surface area contributed by atoms with E-state index < -0.39 is 0 Å². The first kappa shape index (κ1) is 8.29. The minimum atomic E-state index is 0.449. The van der Waals surface area contributed by atoms with Crippen LogP contribution in [0.2, 0.25) is 0 Å². The van der Waals surface area contributed by atoms with E-state index in [0.29, 0.717) is 7.78 Å². The minimum Gasteiger partial charge on any atom is -0.298 e. The Hall–Kier alpha value is 0.190. The van der Waals surface area contributed by atoms with E-state index in [0.717, 1.165) is 11.8 Å². The van der Waals surface area contributed by atoms with Gasteiger partial charge in [0.05, 0.1) is 0 Å². The normalized spacial score (nSPS) is 17.0. The Morgan fingerprint density at radius 2 is 2.60 bits per heavy atom. The summed E-state index contributed by atoms with van der Waals surface area (Å²) in [5.74, 6) is 1.13. The van der Waals surface area contributed by atoms with E-state index >= 15 is 0 Å². The third kappa shape index (κ3) is 2.85. The molecule has 10 heavy (non-hydrogen) atoms. The first-order valence-corrected chi connectivity index (χ1v) is 6.21. The summed E-state index contributed by atoms with van der Waals surface area (Å²) in [5.41, 5.74) is 1.59. The van der Waals surface area contributed by atoms with Gasteiger partial charge in [0.15, 0.2) is 0 Å². The van der Waals surface area contributed by atoms with E-state index in [2.05, 4.69) is 6.08 Å². The number of hydrogen-bond donors (Lipinski definition) is 0. The number of carbonyl (C=O) groups is 1. The zero-order valence-corrected chi connectivity index (χ0v) is 7.62. The molecule has 1 atom stereocenters. The van der Waals surface area contributed by atoms with Crippen LogP contribution in [-0.4, -0.2) is 11.8 Å². The molecule has 0 radical (unpaired) electrons. The molecule has 1 nitrogen and oxygen atoms in total. The van der Waals surface area contributed by atoms with Gasteiger partial charge in [-0.1, -0.05) is 11.6 Å². The van der Waals surface area contributed by atoms with Gasteiger partial charge in [-0.15, -0.1) is 11.4 Å². The van der Waals surface area contributed by atoms with Crippen LogP contribution >= 0.6 is 19.2 Å². The van der Waals surface area contributed by atoms with Crippen LogP contribution in [0.25, 0.3) is 0 Å². The van der Waals surface area contributed by atoms with Gasteiger partial charge in [0.2, 0.25) is 0 Å². The molecule has 1 aliphatic rings. The molecule has 0 saturated heterocycles. The molecule has 56 valence electrons. The Morgan fingerprint density at radius 3 is 3.10 bits per heavy atom. The third-order valence-corrected chi connectivity index (χ3v) is 3.63. The molecule has 0 aromatic rings. The van der Waals surface area contributed by atoms with Crippen molar-refractivity contribution in [3.8, 4) is 0 Å². The van der Waals surface area contributed by atoms with Crippen molar-refractivity contribution < 1.29 is 4.79 Å². The summed E-state index contributed by atoms with van der Waals surface area (Å²) in [4.78, 5) is 9.91. The monoisotopic (exact) mass is 174 g/mol. The molecule has 0 fully saturated rings. The lowest BCUT2D eigenvalue weighted by Gasteiger charge is -2.12. The summed E-state index contributed by atoms with van der Waals surface area (Å²) < 4.78 is 0. The second kappa shape index (κ2) is 4.92. The Balaban J connectivity index is 1.90. The highest BCUT2D eigenvalue weighted by atomic mass is 32.7. The maximum Gasteiger partial charge on any atom is 0.149 e. The molecule has 0 aromatic carbocycles. The fourth-order valence-electron chi connectivity index (χ4n) is 0.851. The SMILES string of the molecule is O=CPSCCC1=CCC1. The van der Waals surface area contributed by atoms with Crippen molar-refractivity contribution in [2.45, 2.75) is 19.3 Å². The van der Waals surface area contributed by atoms with Crippen molar-refractivity contribution >= 4 is 25.2 Å². The Morgan fingerprint density at radius 1 is 1.80 bits per heavy atom. The van der Waals surface area contributed by atoms with Crippen molar-refractivity contribution in [3.63, 3.8) is 0 Å². The van der Waals surface area contributed by atoms with Crippen LogP contribution in [0, 0.1) is 0 Å². The van der Waals surface area contributed by atoms with Gasteiger partial charge >= 0.3 is 0 Å². The topological polar surface area (TPSA) is 17.1 Å². The van der Waals surface area contributed by atoms with Gasteiger partial charge in [-0.2, -0.15) is 0 Å². The zero-order valence-electron chi connectivity index (χ0n) is 5.80. The van der Waals surface area contributed by atoms with Crippen molar-refractivity contribution in [3.05, 3.63) is 11.6 Å². The second-order valence-electron chi connectivity index (χ2n) is 2.24. The quantitative estimate of drug-likeness (QED) is 0.276. The average molecular weight is 174 g/mol. The van der Waals surface area contributed by atoms with E-state index in [9.17, 15) is 4.79 Å². The van der Waals surface area contributed by atoms with Crippen molar-refractivity contribution in [1.82, 2.24) is 0 Å². The molecule has 1 unspecified atom stereocenters. The summed E-state index contributed by atoms with van der Waals surface area (Å²) in [6.07, 6.45) is 6.07. The number of carbonyl (C=O) groups excluding carboxylic acids is 1. The van der Waals surface area contributed by atoms with Crippen LogP contribution in [0.4, 0.5) is 0 Å². The fourth-order valence-corrected chi connectivity index (χ4v) is 2.26. The van der Waals surface area contributed by atoms with Crippen LogP contribution in [0.1, 0.15) is 19.3 Å². The molecule has 1 aliphatic carbocycles. The zero-order chi connectivity index (χ0) is 7.23. The first-order valence-electron chi connectivity index (χ1n) is 3.42. The van der Waals surface area contributed by atoms with Crippen molar-refractivity contribution in [1.29, 1.82) is 0 Å². The summed E-state index contributed by atoms with van der Waals surface area (Å²) >= 11 is 1.75. The molecule has 0 aromatic heterocycles. The van der Waals surface area contributed by atoms with Gasteiger partial charge in [0, 0.05) is 13.5 Å². The van der Waals surface area contributed by atoms with Crippen LogP contribution in [0.15, 0.2) is 11.6 Å². The summed E-state index contributed by atoms with van der Waals surface area (Å²) in [5, 5.41) is 0. The summed E-state index contributed by atoms with van der Waals surface area (Å²) in [7, 11) is 0.449. The molecule has 0 saturated carbocycles. The Labute approximate surface area is 67.2 Å². The smallest absolute Gasteiger partial charge is 0.149 e. The van der Waals surface area contributed by atoms with Gasteiger partial charge in [-0.05, 0) is 19.3 Å². The van der Waals surface area contributed by atoms with Crippen molar-refractivity contribution in [2.75, 3.05) is 5.75 Å². The second-order valence-corrected chi connectivity index (χ2v) is 4.98.